The highest BCUT2D eigenvalue weighted by Crippen LogP contribution is 2.35. The van der Waals surface area contributed by atoms with Crippen LogP contribution in [0.4, 0.5) is 5.69 Å². The normalized spacial score (nSPS) is 22.8. The number of rotatable bonds is 6. The third kappa shape index (κ3) is 4.12. The highest BCUT2D eigenvalue weighted by Gasteiger charge is 2.40. The Kier molecular flexibility index (Phi) is 6.18. The molecule has 1 aliphatic carbocycles. The zero-order chi connectivity index (χ0) is 18.0. The summed E-state index contributed by atoms with van der Waals surface area (Å²) in [5.41, 5.74) is 5.91. The number of nitrogens with zero attached hydrogens (tertiary/aromatic N) is 2. The highest BCUT2D eigenvalue weighted by molar-refractivity contribution is 5.85. The van der Waals surface area contributed by atoms with Crippen LogP contribution in [0.3, 0.4) is 0 Å². The van der Waals surface area contributed by atoms with Crippen LogP contribution in [0.1, 0.15) is 36.8 Å². The van der Waals surface area contributed by atoms with Crippen LogP contribution in [0.2, 0.25) is 0 Å². The second-order valence-corrected chi connectivity index (χ2v) is 6.88. The first-order valence-corrected chi connectivity index (χ1v) is 8.42. The average molecular weight is 380 g/mol. The number of nitrogens with two attached hydrogens (primary N) is 1. The van der Waals surface area contributed by atoms with Gasteiger partial charge in [0.05, 0.1) is 28.1 Å². The monoisotopic (exact) mass is 379 g/mol. The van der Waals surface area contributed by atoms with E-state index in [-0.39, 0.29) is 29.6 Å². The van der Waals surface area contributed by atoms with Crippen LogP contribution in [-0.2, 0) is 10.3 Å². The number of nitro benzene ring substituents is 1. The van der Waals surface area contributed by atoms with E-state index in [0.717, 1.165) is 12.8 Å². The fourth-order valence-electron chi connectivity index (χ4n) is 3.40. The fraction of sp³-hybridized carbons (Fsp3) is 0.529. The first kappa shape index (κ1) is 20.1. The number of amides is 1. The summed E-state index contributed by atoms with van der Waals surface area (Å²) in [7, 11) is 0. The van der Waals surface area contributed by atoms with Crippen molar-refractivity contribution in [2.45, 2.75) is 37.3 Å². The maximum absolute atomic E-state index is 12.6. The molecule has 0 unspecified atom stereocenters. The molecule has 1 aliphatic heterocycles. The van der Waals surface area contributed by atoms with E-state index in [1.165, 1.54) is 12.1 Å². The van der Waals surface area contributed by atoms with Gasteiger partial charge in [-0.1, -0.05) is 12.8 Å². The maximum atomic E-state index is 12.6. The Labute approximate surface area is 157 Å². The molecule has 1 saturated carbocycles. The fourth-order valence-corrected chi connectivity index (χ4v) is 3.40. The third-order valence-electron chi connectivity index (χ3n) is 4.99. The van der Waals surface area contributed by atoms with Crippen LogP contribution >= 0.6 is 12.4 Å². The molecule has 140 valence electrons. The summed E-state index contributed by atoms with van der Waals surface area (Å²) in [6.07, 6.45) is 3.51. The Morgan fingerprint density at radius 2 is 2.27 bits per heavy atom. The lowest BCUT2D eigenvalue weighted by molar-refractivity contribution is -0.384. The summed E-state index contributed by atoms with van der Waals surface area (Å²) in [5, 5.41) is 26.6. The van der Waals surface area contributed by atoms with Gasteiger partial charge >= 0.3 is 0 Å². The highest BCUT2D eigenvalue weighted by atomic mass is 35.5. The van der Waals surface area contributed by atoms with E-state index in [9.17, 15) is 20.2 Å². The molecule has 1 aromatic rings. The Hall–Kier alpha value is -2.21. The predicted octanol–water partition coefficient (Wildman–Crippen LogP) is 1.32. The Bertz CT molecular complexity index is 738. The number of nitriles is 1. The molecule has 0 radical (unpaired) electrons. The van der Waals surface area contributed by atoms with E-state index in [1.54, 1.807) is 6.07 Å². The number of hydrogen-bond donors (Lipinski definition) is 3. The smallest absolute Gasteiger partial charge is 0.270 e. The van der Waals surface area contributed by atoms with Gasteiger partial charge in [-0.05, 0) is 36.9 Å². The van der Waals surface area contributed by atoms with Gasteiger partial charge in [-0.15, -0.1) is 12.4 Å². The second kappa shape index (κ2) is 7.99. The van der Waals surface area contributed by atoms with Crippen LogP contribution in [-0.4, -0.2) is 30.0 Å². The van der Waals surface area contributed by atoms with Crippen LogP contribution in [0, 0.1) is 27.4 Å². The molecule has 9 heteroatoms. The van der Waals surface area contributed by atoms with E-state index >= 15 is 0 Å². The molecule has 1 saturated heterocycles. The molecule has 2 atom stereocenters. The number of nitrogens with one attached hydrogen (secondary N) is 2. The van der Waals surface area contributed by atoms with Crippen molar-refractivity contribution in [3.63, 3.8) is 0 Å². The lowest BCUT2D eigenvalue weighted by Gasteiger charge is -2.32. The summed E-state index contributed by atoms with van der Waals surface area (Å²) >= 11 is 0. The molecule has 4 N–H and O–H groups in total. The van der Waals surface area contributed by atoms with Gasteiger partial charge < -0.3 is 16.4 Å². The van der Waals surface area contributed by atoms with Crippen LogP contribution in [0.15, 0.2) is 18.2 Å². The van der Waals surface area contributed by atoms with Crippen LogP contribution < -0.4 is 16.4 Å². The van der Waals surface area contributed by atoms with Crippen molar-refractivity contribution in [3.05, 3.63) is 39.4 Å². The number of non-ortho nitro benzene ring substituents is 1. The van der Waals surface area contributed by atoms with Crippen LogP contribution in [0.25, 0.3) is 0 Å². The topological polar surface area (TPSA) is 134 Å². The largest absolute Gasteiger partial charge is 0.344 e. The van der Waals surface area contributed by atoms with E-state index in [2.05, 4.69) is 10.6 Å². The Morgan fingerprint density at radius 3 is 2.81 bits per heavy atom. The molecule has 1 amide bonds. The van der Waals surface area contributed by atoms with Gasteiger partial charge in [0.25, 0.3) is 5.69 Å². The Morgan fingerprint density at radius 1 is 1.54 bits per heavy atom. The summed E-state index contributed by atoms with van der Waals surface area (Å²) in [5.74, 6) is 0.297. The SMILES string of the molecule is Cl.N#Cc1cc([N+](=O)[O-])ccc1[C@@]1(NC(=O)[C@@H](N)CC2CC2)CCNC1. The minimum absolute atomic E-state index is 0. The number of benzene rings is 1. The zero-order valence-corrected chi connectivity index (χ0v) is 15.1. The number of carbonyl (C=O) groups is 1. The number of halogens is 1. The van der Waals surface area contributed by atoms with Gasteiger partial charge in [0.2, 0.25) is 5.91 Å². The van der Waals surface area contributed by atoms with Crippen LogP contribution in [0.5, 0.6) is 0 Å². The second-order valence-electron chi connectivity index (χ2n) is 6.88. The van der Waals surface area contributed by atoms with Crippen molar-refractivity contribution in [2.75, 3.05) is 13.1 Å². The van der Waals surface area contributed by atoms with Gasteiger partial charge in [-0.3, -0.25) is 14.9 Å². The molecule has 1 heterocycles. The number of hydrogen-bond acceptors (Lipinski definition) is 6. The third-order valence-corrected chi connectivity index (χ3v) is 4.99. The van der Waals surface area contributed by atoms with Crippen molar-refractivity contribution in [2.24, 2.45) is 11.7 Å². The Balaban J connectivity index is 0.00000243. The molecule has 0 bridgehead atoms. The molecule has 26 heavy (non-hydrogen) atoms. The molecule has 2 fully saturated rings. The molecule has 0 aromatic heterocycles. The molecule has 0 spiro atoms. The zero-order valence-electron chi connectivity index (χ0n) is 14.2. The summed E-state index contributed by atoms with van der Waals surface area (Å²) < 4.78 is 0. The summed E-state index contributed by atoms with van der Waals surface area (Å²) in [4.78, 5) is 23.0. The van der Waals surface area contributed by atoms with E-state index < -0.39 is 16.5 Å². The maximum Gasteiger partial charge on any atom is 0.270 e. The summed E-state index contributed by atoms with van der Waals surface area (Å²) in [6, 6.07) is 5.64. The van der Waals surface area contributed by atoms with Crippen molar-refractivity contribution in [1.82, 2.24) is 10.6 Å². The van der Waals surface area contributed by atoms with Crippen molar-refractivity contribution in [1.29, 1.82) is 5.26 Å². The molecule has 3 rings (SSSR count). The van der Waals surface area contributed by atoms with Crippen molar-refractivity contribution in [3.8, 4) is 6.07 Å². The first-order valence-electron chi connectivity index (χ1n) is 8.42. The lowest BCUT2D eigenvalue weighted by atomic mass is 9.85. The summed E-state index contributed by atoms with van der Waals surface area (Å²) in [6.45, 7) is 1.14. The average Bonchev–Trinajstić information content (AvgIpc) is 3.29. The van der Waals surface area contributed by atoms with Crippen molar-refractivity contribution >= 4 is 24.0 Å². The standard InChI is InChI=1S/C17H21N5O3.ClH/c18-9-12-8-13(22(24)25)3-4-14(12)17(5-6-20-10-17)21-16(23)15(19)7-11-1-2-11;/h3-4,8,11,15,20H,1-2,5-7,10,19H2,(H,21,23);1H/t15-,17+;/m0./s1. The molecular weight excluding hydrogens is 358 g/mol. The molecular formula is C17H22ClN5O3. The van der Waals surface area contributed by atoms with Gasteiger partial charge in [-0.2, -0.15) is 5.26 Å². The van der Waals surface area contributed by atoms with Gasteiger partial charge in [0.1, 0.15) is 0 Å². The lowest BCUT2D eigenvalue weighted by Crippen LogP contribution is -2.53. The molecule has 8 nitrogen and oxygen atoms in total. The number of nitro groups is 1. The molecule has 2 aliphatic rings. The van der Waals surface area contributed by atoms with E-state index in [1.807, 2.05) is 6.07 Å². The van der Waals surface area contributed by atoms with E-state index in [0.29, 0.717) is 37.4 Å². The first-order chi connectivity index (χ1) is 11.9. The van der Waals surface area contributed by atoms with Gasteiger partial charge in [0, 0.05) is 18.7 Å². The quantitative estimate of drug-likeness (QED) is 0.504. The number of carbonyl (C=O) groups excluding carboxylic acids is 1. The minimum atomic E-state index is -0.765. The predicted molar refractivity (Wildman–Crippen MR) is 97.7 cm³/mol. The minimum Gasteiger partial charge on any atom is -0.344 e. The van der Waals surface area contributed by atoms with Gasteiger partial charge in [-0.25, -0.2) is 0 Å². The van der Waals surface area contributed by atoms with Gasteiger partial charge in [0.15, 0.2) is 0 Å². The van der Waals surface area contributed by atoms with E-state index in [4.69, 9.17) is 5.73 Å². The molecule has 1 aromatic carbocycles. The van der Waals surface area contributed by atoms with Crippen molar-refractivity contribution < 1.29 is 9.72 Å².